The third-order valence-corrected chi connectivity index (χ3v) is 7.39. The number of hydrogen-bond acceptors (Lipinski definition) is 5. The summed E-state index contributed by atoms with van der Waals surface area (Å²) in [5.41, 5.74) is 0.678. The molecule has 8 heteroatoms. The number of sulfonamides is 1. The average Bonchev–Trinajstić information content (AvgIpc) is 2.67. The molecule has 1 heterocycles. The van der Waals surface area contributed by atoms with Gasteiger partial charge in [0.15, 0.2) is 6.61 Å². The number of benzene rings is 1. The summed E-state index contributed by atoms with van der Waals surface area (Å²) in [6.07, 6.45) is 3.00. The molecule has 1 aliphatic heterocycles. The molecule has 0 unspecified atom stereocenters. The molecule has 1 fully saturated rings. The van der Waals surface area contributed by atoms with Crippen LogP contribution in [0.1, 0.15) is 56.0 Å². The smallest absolute Gasteiger partial charge is 0.338 e. The van der Waals surface area contributed by atoms with Gasteiger partial charge in [0.25, 0.3) is 5.91 Å². The number of hydrogen-bond donors (Lipinski definition) is 0. The minimum atomic E-state index is -3.69. The van der Waals surface area contributed by atoms with Crippen molar-refractivity contribution in [2.75, 3.05) is 26.2 Å². The summed E-state index contributed by atoms with van der Waals surface area (Å²) in [6, 6.07) is 4.58. The first-order valence-corrected chi connectivity index (χ1v) is 11.2. The van der Waals surface area contributed by atoms with Crippen molar-refractivity contribution in [1.82, 2.24) is 9.21 Å². The molecular weight excluding hydrogens is 380 g/mol. The Hall–Kier alpha value is -1.93. The zero-order chi connectivity index (χ0) is 20.9. The first kappa shape index (κ1) is 22.4. The van der Waals surface area contributed by atoms with Gasteiger partial charge in [-0.25, -0.2) is 13.2 Å². The van der Waals surface area contributed by atoms with Gasteiger partial charge in [-0.1, -0.05) is 19.9 Å². The van der Waals surface area contributed by atoms with E-state index in [1.807, 2.05) is 6.92 Å². The molecule has 1 aromatic carbocycles. The first-order chi connectivity index (χ1) is 13.2. The highest BCUT2D eigenvalue weighted by Crippen LogP contribution is 2.22. The molecule has 28 heavy (non-hydrogen) atoms. The van der Waals surface area contributed by atoms with Gasteiger partial charge in [0.05, 0.1) is 10.5 Å². The Kier molecular flexibility index (Phi) is 7.60. The third kappa shape index (κ3) is 4.91. The van der Waals surface area contributed by atoms with Crippen LogP contribution in [0.3, 0.4) is 0 Å². The van der Waals surface area contributed by atoms with Crippen LogP contribution in [0.2, 0.25) is 0 Å². The van der Waals surface area contributed by atoms with Gasteiger partial charge in [0.2, 0.25) is 10.0 Å². The zero-order valence-corrected chi connectivity index (χ0v) is 17.9. The molecule has 1 atom stereocenters. The summed E-state index contributed by atoms with van der Waals surface area (Å²) in [5, 5.41) is 0. The van der Waals surface area contributed by atoms with Crippen LogP contribution in [0.5, 0.6) is 0 Å². The minimum Gasteiger partial charge on any atom is -0.452 e. The molecule has 1 aromatic rings. The van der Waals surface area contributed by atoms with Crippen molar-refractivity contribution in [2.24, 2.45) is 0 Å². The number of aryl methyl sites for hydroxylation is 1. The highest BCUT2D eigenvalue weighted by atomic mass is 32.2. The van der Waals surface area contributed by atoms with Crippen molar-refractivity contribution in [3.05, 3.63) is 29.3 Å². The molecule has 0 bridgehead atoms. The largest absolute Gasteiger partial charge is 0.452 e. The number of rotatable bonds is 7. The highest BCUT2D eigenvalue weighted by molar-refractivity contribution is 7.89. The monoisotopic (exact) mass is 410 g/mol. The maximum absolute atomic E-state index is 12.8. The van der Waals surface area contributed by atoms with Gasteiger partial charge in [-0.3, -0.25) is 4.79 Å². The van der Waals surface area contributed by atoms with Crippen LogP contribution < -0.4 is 0 Å². The van der Waals surface area contributed by atoms with Crippen LogP contribution in [0.25, 0.3) is 0 Å². The fourth-order valence-corrected chi connectivity index (χ4v) is 5.18. The summed E-state index contributed by atoms with van der Waals surface area (Å²) in [6.45, 7) is 8.23. The van der Waals surface area contributed by atoms with E-state index in [0.29, 0.717) is 25.2 Å². The Morgan fingerprint density at radius 1 is 1.21 bits per heavy atom. The number of nitrogens with zero attached hydrogens (tertiary/aromatic N) is 2. The number of carbonyl (C=O) groups is 2. The summed E-state index contributed by atoms with van der Waals surface area (Å²) in [5.74, 6) is -0.919. The van der Waals surface area contributed by atoms with E-state index in [9.17, 15) is 18.0 Å². The SMILES string of the molecule is CCN(CC)S(=O)(=O)c1cc(C(=O)OCC(=O)N2CCCC[C@@H]2C)ccc1C. The standard InChI is InChI=1S/C20H30N2O5S/c1-5-21(6-2)28(25,26)18-13-17(11-10-15(18)3)20(24)27-14-19(23)22-12-8-7-9-16(22)4/h10-11,13,16H,5-9,12,14H2,1-4H3/t16-/m0/s1. The third-order valence-electron chi connectivity index (χ3n) is 5.20. The molecule has 1 saturated heterocycles. The Morgan fingerprint density at radius 2 is 1.89 bits per heavy atom. The molecule has 0 aromatic heterocycles. The van der Waals surface area contributed by atoms with Crippen molar-refractivity contribution < 1.29 is 22.7 Å². The molecule has 2 rings (SSSR count). The second-order valence-electron chi connectivity index (χ2n) is 7.08. The molecule has 0 aliphatic carbocycles. The topological polar surface area (TPSA) is 84.0 Å². The lowest BCUT2D eigenvalue weighted by Crippen LogP contribution is -2.44. The van der Waals surface area contributed by atoms with E-state index in [4.69, 9.17) is 4.74 Å². The van der Waals surface area contributed by atoms with E-state index in [-0.39, 0.29) is 29.0 Å². The van der Waals surface area contributed by atoms with Crippen molar-refractivity contribution in [3.63, 3.8) is 0 Å². The van der Waals surface area contributed by atoms with Gasteiger partial charge in [-0.05, 0) is 50.8 Å². The molecule has 0 spiro atoms. The van der Waals surface area contributed by atoms with Gasteiger partial charge in [-0.2, -0.15) is 4.31 Å². The lowest BCUT2D eigenvalue weighted by atomic mass is 10.0. The van der Waals surface area contributed by atoms with Crippen molar-refractivity contribution >= 4 is 21.9 Å². The summed E-state index contributed by atoms with van der Waals surface area (Å²) in [7, 11) is -3.69. The summed E-state index contributed by atoms with van der Waals surface area (Å²) < 4.78 is 32.1. The van der Waals surface area contributed by atoms with Crippen LogP contribution in [0, 0.1) is 6.92 Å². The average molecular weight is 411 g/mol. The second kappa shape index (κ2) is 9.52. The molecule has 0 N–H and O–H groups in total. The predicted octanol–water partition coefficient (Wildman–Crippen LogP) is 2.58. The second-order valence-corrected chi connectivity index (χ2v) is 8.98. The van der Waals surface area contributed by atoms with E-state index in [2.05, 4.69) is 0 Å². The number of esters is 1. The number of carbonyl (C=O) groups excluding carboxylic acids is 2. The summed E-state index contributed by atoms with van der Waals surface area (Å²) >= 11 is 0. The van der Waals surface area contributed by atoms with Gasteiger partial charge in [0.1, 0.15) is 0 Å². The van der Waals surface area contributed by atoms with Crippen LogP contribution in [0.15, 0.2) is 23.1 Å². The maximum atomic E-state index is 12.8. The summed E-state index contributed by atoms with van der Waals surface area (Å²) in [4.78, 5) is 26.6. The maximum Gasteiger partial charge on any atom is 0.338 e. The molecule has 0 saturated carbocycles. The number of piperidine rings is 1. The Bertz CT molecular complexity index is 818. The van der Waals surface area contributed by atoms with E-state index in [1.54, 1.807) is 31.7 Å². The Labute approximate surface area is 167 Å². The Morgan fingerprint density at radius 3 is 2.50 bits per heavy atom. The van der Waals surface area contributed by atoms with Gasteiger partial charge < -0.3 is 9.64 Å². The molecule has 1 amide bonds. The molecule has 1 aliphatic rings. The van der Waals surface area contributed by atoms with E-state index >= 15 is 0 Å². The minimum absolute atomic E-state index is 0.0848. The van der Waals surface area contributed by atoms with Crippen molar-refractivity contribution in [3.8, 4) is 0 Å². The van der Waals surface area contributed by atoms with E-state index < -0.39 is 16.0 Å². The number of likely N-dealkylation sites (tertiary alicyclic amines) is 1. The van der Waals surface area contributed by atoms with Gasteiger partial charge in [0, 0.05) is 25.7 Å². The van der Waals surface area contributed by atoms with Crippen LogP contribution in [-0.4, -0.2) is 61.8 Å². The highest BCUT2D eigenvalue weighted by Gasteiger charge is 2.26. The van der Waals surface area contributed by atoms with Gasteiger partial charge in [-0.15, -0.1) is 0 Å². The van der Waals surface area contributed by atoms with Crippen molar-refractivity contribution in [1.29, 1.82) is 0 Å². The molecular formula is C20H30N2O5S. The van der Waals surface area contributed by atoms with E-state index in [1.165, 1.54) is 16.4 Å². The van der Waals surface area contributed by atoms with E-state index in [0.717, 1.165) is 19.3 Å². The van der Waals surface area contributed by atoms with Crippen LogP contribution in [0.4, 0.5) is 0 Å². The Balaban J connectivity index is 2.13. The predicted molar refractivity (Wildman–Crippen MR) is 107 cm³/mol. The molecule has 156 valence electrons. The molecule has 7 nitrogen and oxygen atoms in total. The number of ether oxygens (including phenoxy) is 1. The number of amides is 1. The fourth-order valence-electron chi connectivity index (χ4n) is 3.47. The fraction of sp³-hybridized carbons (Fsp3) is 0.600. The van der Waals surface area contributed by atoms with Crippen LogP contribution >= 0.6 is 0 Å². The lowest BCUT2D eigenvalue weighted by molar-refractivity contribution is -0.137. The van der Waals surface area contributed by atoms with Gasteiger partial charge >= 0.3 is 5.97 Å². The van der Waals surface area contributed by atoms with Crippen LogP contribution in [-0.2, 0) is 19.6 Å². The molecule has 0 radical (unpaired) electrons. The zero-order valence-electron chi connectivity index (χ0n) is 17.1. The quantitative estimate of drug-likeness (QED) is 0.645. The normalized spacial score (nSPS) is 17.6. The first-order valence-electron chi connectivity index (χ1n) is 9.79. The van der Waals surface area contributed by atoms with Crippen molar-refractivity contribution in [2.45, 2.75) is 57.9 Å². The lowest BCUT2D eigenvalue weighted by Gasteiger charge is -2.33.